The molecule has 0 amide bonds. The number of hydrogen-bond acceptors (Lipinski definition) is 3. The fraction of sp³-hybridized carbons (Fsp3) is 0.400. The predicted molar refractivity (Wildman–Crippen MR) is 49.6 cm³/mol. The summed E-state index contributed by atoms with van der Waals surface area (Å²) in [7, 11) is 1.23. The number of carbonyl (C=O) groups is 1. The van der Waals surface area contributed by atoms with Gasteiger partial charge >= 0.3 is 12.1 Å². The summed E-state index contributed by atoms with van der Waals surface area (Å²) in [4.78, 5) is 14.0. The molecule has 0 aliphatic rings. The molecule has 0 unspecified atom stereocenters. The molecule has 0 bridgehead atoms. The standard InChI is InChI=1S/C10H10F3NO2/c1-16-9(15)3-2-7-4-5-14-8(6-7)10(11,12)13/h4-6H,2-3H2,1H3. The van der Waals surface area contributed by atoms with Crippen LogP contribution in [-0.2, 0) is 22.1 Å². The van der Waals surface area contributed by atoms with E-state index < -0.39 is 17.8 Å². The minimum Gasteiger partial charge on any atom is -0.469 e. The zero-order chi connectivity index (χ0) is 12.2. The van der Waals surface area contributed by atoms with E-state index in [-0.39, 0.29) is 12.8 Å². The Morgan fingerprint density at radius 1 is 1.50 bits per heavy atom. The van der Waals surface area contributed by atoms with E-state index in [9.17, 15) is 18.0 Å². The maximum Gasteiger partial charge on any atom is 0.433 e. The second kappa shape index (κ2) is 4.96. The summed E-state index contributed by atoms with van der Waals surface area (Å²) in [5.74, 6) is -0.453. The molecule has 0 fully saturated rings. The topological polar surface area (TPSA) is 39.2 Å². The molecule has 6 heteroatoms. The molecular formula is C10H10F3NO2. The zero-order valence-corrected chi connectivity index (χ0v) is 8.54. The van der Waals surface area contributed by atoms with Gasteiger partial charge in [0.15, 0.2) is 0 Å². The van der Waals surface area contributed by atoms with Crippen LogP contribution in [0.1, 0.15) is 17.7 Å². The third kappa shape index (κ3) is 3.52. The van der Waals surface area contributed by atoms with Crippen molar-refractivity contribution in [2.24, 2.45) is 0 Å². The number of hydrogen-bond donors (Lipinski definition) is 0. The smallest absolute Gasteiger partial charge is 0.433 e. The fourth-order valence-corrected chi connectivity index (χ4v) is 1.13. The van der Waals surface area contributed by atoms with Gasteiger partial charge in [-0.1, -0.05) is 0 Å². The Hall–Kier alpha value is -1.59. The Labute approximate surface area is 90.2 Å². The van der Waals surface area contributed by atoms with Crippen LogP contribution in [0, 0.1) is 0 Å². The average Bonchev–Trinajstić information content (AvgIpc) is 2.25. The predicted octanol–water partition coefficient (Wildman–Crippen LogP) is 2.21. The largest absolute Gasteiger partial charge is 0.469 e. The number of pyridine rings is 1. The van der Waals surface area contributed by atoms with Crippen LogP contribution in [0.4, 0.5) is 13.2 Å². The number of methoxy groups -OCH3 is 1. The molecule has 0 spiro atoms. The van der Waals surface area contributed by atoms with Gasteiger partial charge in [0.2, 0.25) is 0 Å². The van der Waals surface area contributed by atoms with Crippen LogP contribution < -0.4 is 0 Å². The van der Waals surface area contributed by atoms with E-state index >= 15 is 0 Å². The van der Waals surface area contributed by atoms with Crippen LogP contribution in [0.5, 0.6) is 0 Å². The van der Waals surface area contributed by atoms with Crippen LogP contribution in [0.15, 0.2) is 18.3 Å². The van der Waals surface area contributed by atoms with Gasteiger partial charge in [0.25, 0.3) is 0 Å². The monoisotopic (exact) mass is 233 g/mol. The van der Waals surface area contributed by atoms with Gasteiger partial charge in [-0.15, -0.1) is 0 Å². The summed E-state index contributed by atoms with van der Waals surface area (Å²) in [6.45, 7) is 0. The van der Waals surface area contributed by atoms with Crippen LogP contribution in [0.25, 0.3) is 0 Å². The lowest BCUT2D eigenvalue weighted by atomic mass is 10.1. The van der Waals surface area contributed by atoms with Crippen molar-refractivity contribution in [2.45, 2.75) is 19.0 Å². The van der Waals surface area contributed by atoms with Crippen LogP contribution in [0.2, 0.25) is 0 Å². The number of carbonyl (C=O) groups excluding carboxylic acids is 1. The average molecular weight is 233 g/mol. The Bertz CT molecular complexity index is 377. The maximum absolute atomic E-state index is 12.3. The van der Waals surface area contributed by atoms with Gasteiger partial charge in [0.1, 0.15) is 5.69 Å². The first-order valence-corrected chi connectivity index (χ1v) is 4.52. The highest BCUT2D eigenvalue weighted by Gasteiger charge is 2.32. The van der Waals surface area contributed by atoms with E-state index in [1.54, 1.807) is 0 Å². The summed E-state index contributed by atoms with van der Waals surface area (Å²) in [6, 6.07) is 2.38. The number of rotatable bonds is 3. The molecular weight excluding hydrogens is 223 g/mol. The first kappa shape index (κ1) is 12.5. The van der Waals surface area contributed by atoms with Gasteiger partial charge in [-0.25, -0.2) is 0 Å². The number of aryl methyl sites for hydroxylation is 1. The molecule has 0 atom stereocenters. The van der Waals surface area contributed by atoms with Crippen LogP contribution in [-0.4, -0.2) is 18.1 Å². The van der Waals surface area contributed by atoms with Crippen molar-refractivity contribution >= 4 is 5.97 Å². The molecule has 0 aliphatic heterocycles. The highest BCUT2D eigenvalue weighted by Crippen LogP contribution is 2.27. The summed E-state index contributed by atoms with van der Waals surface area (Å²) in [6.07, 6.45) is -3.12. The van der Waals surface area contributed by atoms with Gasteiger partial charge in [-0.3, -0.25) is 9.78 Å². The molecule has 0 aliphatic carbocycles. The molecule has 16 heavy (non-hydrogen) atoms. The van der Waals surface area contributed by atoms with Gasteiger partial charge in [-0.05, 0) is 24.1 Å². The Kier molecular flexibility index (Phi) is 3.87. The summed E-state index contributed by atoms with van der Waals surface area (Å²) < 4.78 is 41.2. The second-order valence-electron chi connectivity index (χ2n) is 3.12. The minimum absolute atomic E-state index is 0.0534. The van der Waals surface area contributed by atoms with Gasteiger partial charge in [0.05, 0.1) is 7.11 Å². The summed E-state index contributed by atoms with van der Waals surface area (Å²) in [5, 5.41) is 0. The Balaban J connectivity index is 2.72. The normalized spacial score (nSPS) is 11.2. The quantitative estimate of drug-likeness (QED) is 0.751. The SMILES string of the molecule is COC(=O)CCc1ccnc(C(F)(F)F)c1. The number of alkyl halides is 3. The highest BCUT2D eigenvalue weighted by molar-refractivity contribution is 5.69. The number of esters is 1. The molecule has 1 aromatic rings. The van der Waals surface area contributed by atoms with Gasteiger partial charge < -0.3 is 4.74 Å². The van der Waals surface area contributed by atoms with Crippen LogP contribution >= 0.6 is 0 Å². The van der Waals surface area contributed by atoms with Crippen molar-refractivity contribution in [1.29, 1.82) is 0 Å². The molecule has 1 heterocycles. The fourth-order valence-electron chi connectivity index (χ4n) is 1.13. The number of nitrogens with zero attached hydrogens (tertiary/aromatic N) is 1. The van der Waals surface area contributed by atoms with E-state index in [4.69, 9.17) is 0 Å². The lowest BCUT2D eigenvalue weighted by Gasteiger charge is -2.07. The lowest BCUT2D eigenvalue weighted by molar-refractivity contribution is -0.141. The lowest BCUT2D eigenvalue weighted by Crippen LogP contribution is -2.09. The van der Waals surface area contributed by atoms with Gasteiger partial charge in [-0.2, -0.15) is 13.2 Å². The molecule has 0 saturated carbocycles. The third-order valence-electron chi connectivity index (χ3n) is 1.96. The minimum atomic E-state index is -4.46. The van der Waals surface area contributed by atoms with E-state index in [2.05, 4.69) is 9.72 Å². The molecule has 1 aromatic heterocycles. The maximum atomic E-state index is 12.3. The zero-order valence-electron chi connectivity index (χ0n) is 8.54. The first-order valence-electron chi connectivity index (χ1n) is 4.52. The van der Waals surface area contributed by atoms with E-state index in [1.165, 1.54) is 13.2 Å². The molecule has 1 rings (SSSR count). The Morgan fingerprint density at radius 3 is 2.75 bits per heavy atom. The van der Waals surface area contributed by atoms with E-state index in [1.807, 2.05) is 0 Å². The molecule has 0 aromatic carbocycles. The van der Waals surface area contributed by atoms with Crippen molar-refractivity contribution in [3.05, 3.63) is 29.6 Å². The first-order chi connectivity index (χ1) is 7.43. The number of aromatic nitrogens is 1. The van der Waals surface area contributed by atoms with E-state index in [0.717, 1.165) is 12.3 Å². The molecule has 3 nitrogen and oxygen atoms in total. The van der Waals surface area contributed by atoms with Crippen LogP contribution in [0.3, 0.4) is 0 Å². The molecule has 0 N–H and O–H groups in total. The van der Waals surface area contributed by atoms with Crippen molar-refractivity contribution in [3.63, 3.8) is 0 Å². The summed E-state index contributed by atoms with van der Waals surface area (Å²) >= 11 is 0. The summed E-state index contributed by atoms with van der Waals surface area (Å²) in [5.41, 5.74) is -0.539. The molecule has 0 radical (unpaired) electrons. The van der Waals surface area contributed by atoms with Gasteiger partial charge in [0, 0.05) is 12.6 Å². The number of halogens is 3. The van der Waals surface area contributed by atoms with Crippen molar-refractivity contribution in [1.82, 2.24) is 4.98 Å². The van der Waals surface area contributed by atoms with E-state index in [0.29, 0.717) is 5.56 Å². The number of ether oxygens (including phenoxy) is 1. The second-order valence-corrected chi connectivity index (χ2v) is 3.12. The van der Waals surface area contributed by atoms with Crippen molar-refractivity contribution < 1.29 is 22.7 Å². The third-order valence-corrected chi connectivity index (χ3v) is 1.96. The Morgan fingerprint density at radius 2 is 2.19 bits per heavy atom. The molecule has 88 valence electrons. The van der Waals surface area contributed by atoms with Crippen molar-refractivity contribution in [3.8, 4) is 0 Å². The molecule has 0 saturated heterocycles. The van der Waals surface area contributed by atoms with Crippen molar-refractivity contribution in [2.75, 3.05) is 7.11 Å². The highest BCUT2D eigenvalue weighted by atomic mass is 19.4.